The van der Waals surface area contributed by atoms with Crippen LogP contribution in [-0.4, -0.2) is 30.8 Å². The second-order valence-electron chi connectivity index (χ2n) is 8.44. The second kappa shape index (κ2) is 7.74. The molecule has 0 saturated heterocycles. The Balaban J connectivity index is 1.62. The van der Waals surface area contributed by atoms with Crippen molar-refractivity contribution in [1.29, 1.82) is 0 Å². The van der Waals surface area contributed by atoms with Crippen molar-refractivity contribution >= 4 is 23.4 Å². The van der Waals surface area contributed by atoms with E-state index in [1.54, 1.807) is 12.3 Å². The van der Waals surface area contributed by atoms with Crippen molar-refractivity contribution in [1.82, 2.24) is 25.0 Å². The molecule has 0 atom stereocenters. The Kier molecular flexibility index (Phi) is 4.88. The highest BCUT2D eigenvalue weighted by Crippen LogP contribution is 2.42. The molecular formula is C23H25N7O2. The van der Waals surface area contributed by atoms with Crippen LogP contribution in [0.3, 0.4) is 0 Å². The standard InChI is InChI=1S/C23H25N7O2/c1-14-12-17(30(32)19-18(14)22(31)29-23(19)9-5-3-6-10-23)28-21-15(2)20(25-13-26-21)27-16-8-4-7-11-24-16/h4,7-8,11-13,32H,3,5-6,9-10H2,1-2H3,(H,29,31)(H,24,25,26,27). The van der Waals surface area contributed by atoms with Gasteiger partial charge in [-0.25, -0.2) is 19.9 Å². The van der Waals surface area contributed by atoms with Gasteiger partial charge in [0, 0.05) is 11.8 Å². The predicted molar refractivity (Wildman–Crippen MR) is 118 cm³/mol. The summed E-state index contributed by atoms with van der Waals surface area (Å²) in [4.78, 5) is 30.3. The lowest BCUT2D eigenvalue weighted by Gasteiger charge is -2.34. The predicted octanol–water partition coefficient (Wildman–Crippen LogP) is 3.41. The van der Waals surface area contributed by atoms with Gasteiger partial charge < -0.3 is 15.8 Å². The molecule has 32 heavy (non-hydrogen) atoms. The number of carbonyl (C=O) groups excluding carboxylic acids is 1. The lowest BCUT2D eigenvalue weighted by atomic mass is 9.79. The number of fused-ring (bicyclic) bond motifs is 2. The normalized spacial score (nSPS) is 17.3. The Bertz CT molecular complexity index is 1260. The van der Waals surface area contributed by atoms with E-state index in [2.05, 4.69) is 30.6 Å². The third kappa shape index (κ3) is 3.30. The molecule has 1 spiro atoms. The quantitative estimate of drug-likeness (QED) is 0.547. The molecule has 9 nitrogen and oxygen atoms in total. The maximum absolute atomic E-state index is 12.8. The van der Waals surface area contributed by atoms with Crippen LogP contribution in [0.25, 0.3) is 0 Å². The molecule has 1 saturated carbocycles. The zero-order valence-electron chi connectivity index (χ0n) is 18.1. The molecule has 3 N–H and O–H groups in total. The first-order chi connectivity index (χ1) is 15.5. The molecule has 164 valence electrons. The van der Waals surface area contributed by atoms with Crippen LogP contribution in [0.15, 0.2) is 41.8 Å². The van der Waals surface area contributed by atoms with Crippen molar-refractivity contribution in [2.45, 2.75) is 51.5 Å². The first kappa shape index (κ1) is 20.2. The van der Waals surface area contributed by atoms with Crippen molar-refractivity contribution in [3.05, 3.63) is 64.7 Å². The zero-order valence-corrected chi connectivity index (χ0v) is 18.1. The van der Waals surface area contributed by atoms with E-state index >= 15 is 0 Å². The van der Waals surface area contributed by atoms with Gasteiger partial charge >= 0.3 is 0 Å². The van der Waals surface area contributed by atoms with Gasteiger partial charge in [-0.1, -0.05) is 25.3 Å². The Hall–Kier alpha value is -3.75. The summed E-state index contributed by atoms with van der Waals surface area (Å²) in [6.45, 7) is 3.74. The summed E-state index contributed by atoms with van der Waals surface area (Å²) in [5, 5.41) is 17.5. The largest absolute Gasteiger partial charge is 0.427 e. The number of hydrogen-bond acceptors (Lipinski definition) is 7. The molecule has 3 aromatic rings. The summed E-state index contributed by atoms with van der Waals surface area (Å²) in [6.07, 6.45) is 7.88. The number of aryl methyl sites for hydroxylation is 1. The fraction of sp³-hybridized carbons (Fsp3) is 0.348. The van der Waals surface area contributed by atoms with Crippen LogP contribution in [0.4, 0.5) is 17.5 Å². The number of anilines is 2. The van der Waals surface area contributed by atoms with Crippen LogP contribution in [0.1, 0.15) is 59.3 Å². The lowest BCUT2D eigenvalue weighted by Crippen LogP contribution is -2.43. The van der Waals surface area contributed by atoms with Crippen LogP contribution in [-0.2, 0) is 5.54 Å². The third-order valence-corrected chi connectivity index (χ3v) is 6.34. The summed E-state index contributed by atoms with van der Waals surface area (Å²) in [5.41, 5.74) is 2.45. The van der Waals surface area contributed by atoms with E-state index in [4.69, 9.17) is 0 Å². The SMILES string of the molecule is Cc1cc(=Nc2ncnc(Nc3ccccn3)c2C)n(O)c2c1C(=O)NC21CCCCC1. The van der Waals surface area contributed by atoms with Crippen molar-refractivity contribution in [3.8, 4) is 0 Å². The Morgan fingerprint density at radius 3 is 2.72 bits per heavy atom. The van der Waals surface area contributed by atoms with Crippen LogP contribution >= 0.6 is 0 Å². The minimum atomic E-state index is -0.540. The van der Waals surface area contributed by atoms with Gasteiger partial charge in [0.2, 0.25) is 0 Å². The number of nitrogens with one attached hydrogen (secondary N) is 2. The van der Waals surface area contributed by atoms with E-state index < -0.39 is 5.54 Å². The fourth-order valence-electron chi connectivity index (χ4n) is 4.74. The summed E-state index contributed by atoms with van der Waals surface area (Å²) < 4.78 is 1.07. The number of pyridine rings is 2. The highest BCUT2D eigenvalue weighted by atomic mass is 16.5. The maximum Gasteiger partial charge on any atom is 0.254 e. The summed E-state index contributed by atoms with van der Waals surface area (Å²) in [5.74, 6) is 1.54. The van der Waals surface area contributed by atoms with E-state index in [1.807, 2.05) is 32.0 Å². The van der Waals surface area contributed by atoms with Gasteiger partial charge in [0.25, 0.3) is 5.91 Å². The van der Waals surface area contributed by atoms with Crippen molar-refractivity contribution in [2.24, 2.45) is 4.99 Å². The van der Waals surface area contributed by atoms with E-state index in [1.165, 1.54) is 6.33 Å². The van der Waals surface area contributed by atoms with Crippen molar-refractivity contribution < 1.29 is 10.0 Å². The van der Waals surface area contributed by atoms with Crippen molar-refractivity contribution in [2.75, 3.05) is 5.32 Å². The first-order valence-electron chi connectivity index (χ1n) is 10.8. The molecule has 0 unspecified atom stereocenters. The minimum Gasteiger partial charge on any atom is -0.427 e. The highest BCUT2D eigenvalue weighted by Gasteiger charge is 2.47. The van der Waals surface area contributed by atoms with E-state index in [-0.39, 0.29) is 5.91 Å². The molecule has 1 amide bonds. The molecule has 9 heteroatoms. The maximum atomic E-state index is 12.8. The smallest absolute Gasteiger partial charge is 0.254 e. The number of amides is 1. The minimum absolute atomic E-state index is 0.131. The van der Waals surface area contributed by atoms with Gasteiger partial charge in [-0.3, -0.25) is 4.79 Å². The molecule has 4 heterocycles. The number of aromatic nitrogens is 4. The number of carbonyl (C=O) groups is 1. The average Bonchev–Trinajstić information content (AvgIpc) is 3.07. The van der Waals surface area contributed by atoms with E-state index in [9.17, 15) is 10.0 Å². The third-order valence-electron chi connectivity index (χ3n) is 6.34. The van der Waals surface area contributed by atoms with Crippen molar-refractivity contribution in [3.63, 3.8) is 0 Å². The molecule has 1 aliphatic carbocycles. The fourth-order valence-corrected chi connectivity index (χ4v) is 4.74. The number of hydrogen-bond donors (Lipinski definition) is 3. The summed E-state index contributed by atoms with van der Waals surface area (Å²) in [6, 6.07) is 7.29. The Labute approximate surface area is 185 Å². The molecule has 0 aromatic carbocycles. The van der Waals surface area contributed by atoms with Gasteiger partial charge in [0.1, 0.15) is 18.0 Å². The molecule has 3 aromatic heterocycles. The van der Waals surface area contributed by atoms with E-state index in [0.717, 1.165) is 48.0 Å². The molecular weight excluding hydrogens is 406 g/mol. The monoisotopic (exact) mass is 431 g/mol. The van der Waals surface area contributed by atoms with Gasteiger partial charge in [0.05, 0.1) is 16.8 Å². The second-order valence-corrected chi connectivity index (χ2v) is 8.44. The van der Waals surface area contributed by atoms with Crippen LogP contribution in [0.2, 0.25) is 0 Å². The first-order valence-corrected chi connectivity index (χ1v) is 10.8. The highest BCUT2D eigenvalue weighted by molar-refractivity contribution is 6.00. The molecule has 1 aliphatic heterocycles. The van der Waals surface area contributed by atoms with E-state index in [0.29, 0.717) is 34.2 Å². The van der Waals surface area contributed by atoms with Crippen LogP contribution in [0.5, 0.6) is 0 Å². The topological polar surface area (TPSA) is 117 Å². The van der Waals surface area contributed by atoms with Crippen LogP contribution < -0.4 is 16.1 Å². The Morgan fingerprint density at radius 2 is 1.97 bits per heavy atom. The summed E-state index contributed by atoms with van der Waals surface area (Å²) in [7, 11) is 0. The summed E-state index contributed by atoms with van der Waals surface area (Å²) >= 11 is 0. The molecule has 5 rings (SSSR count). The van der Waals surface area contributed by atoms with Gasteiger partial charge in [-0.05, 0) is 50.5 Å². The molecule has 0 bridgehead atoms. The Morgan fingerprint density at radius 1 is 1.16 bits per heavy atom. The number of nitrogens with zero attached hydrogens (tertiary/aromatic N) is 5. The average molecular weight is 432 g/mol. The molecule has 2 aliphatic rings. The zero-order chi connectivity index (χ0) is 22.3. The van der Waals surface area contributed by atoms with Gasteiger partial charge in [0.15, 0.2) is 11.3 Å². The van der Waals surface area contributed by atoms with Gasteiger partial charge in [-0.2, -0.15) is 4.73 Å². The molecule has 1 fully saturated rings. The van der Waals surface area contributed by atoms with Gasteiger partial charge in [-0.15, -0.1) is 0 Å². The number of rotatable bonds is 3. The van der Waals surface area contributed by atoms with Crippen LogP contribution in [0, 0.1) is 13.8 Å². The lowest BCUT2D eigenvalue weighted by molar-refractivity contribution is 0.0892. The molecule has 0 radical (unpaired) electrons.